The predicted molar refractivity (Wildman–Crippen MR) is 65.6 cm³/mol. The summed E-state index contributed by atoms with van der Waals surface area (Å²) < 4.78 is 5.36. The van der Waals surface area contributed by atoms with Gasteiger partial charge in [0.05, 0.1) is 5.76 Å². The van der Waals surface area contributed by atoms with Crippen LogP contribution < -0.4 is 0 Å². The molecular weight excluding hydrogens is 200 g/mol. The lowest BCUT2D eigenvalue weighted by Crippen LogP contribution is -2.34. The van der Waals surface area contributed by atoms with Crippen LogP contribution in [0.3, 0.4) is 0 Å². The summed E-state index contributed by atoms with van der Waals surface area (Å²) in [6, 6.07) is 0. The van der Waals surface area contributed by atoms with Crippen molar-refractivity contribution in [3.8, 4) is 0 Å². The van der Waals surface area contributed by atoms with E-state index in [1.54, 1.807) is 0 Å². The van der Waals surface area contributed by atoms with E-state index in [4.69, 9.17) is 4.43 Å². The van der Waals surface area contributed by atoms with Crippen LogP contribution in [0.1, 0.15) is 60.3 Å². The Balaban J connectivity index is 3.15. The molecule has 1 rings (SSSR count). The summed E-state index contributed by atoms with van der Waals surface area (Å²) in [7, 11) is 3.20. The van der Waals surface area contributed by atoms with Crippen molar-refractivity contribution in [3.63, 3.8) is 0 Å². The molecule has 0 amide bonds. The van der Waals surface area contributed by atoms with Crippen LogP contribution in [0.4, 0.5) is 0 Å². The fourth-order valence-corrected chi connectivity index (χ4v) is 2.77. The molecule has 1 nitrogen and oxygen atoms in total. The van der Waals surface area contributed by atoms with Crippen LogP contribution in [0.5, 0.6) is 0 Å². The predicted octanol–water partition coefficient (Wildman–Crippen LogP) is 3.99. The first-order chi connectivity index (χ1) is 6.83. The molecule has 1 atom stereocenters. The average molecular weight is 223 g/mol. The average Bonchev–Trinajstić information content (AvgIpc) is 2.27. The lowest BCUT2D eigenvalue weighted by molar-refractivity contribution is 0.136. The zero-order chi connectivity index (χ0) is 11.7. The summed E-state index contributed by atoms with van der Waals surface area (Å²) in [5.74, 6) is 1.14. The van der Waals surface area contributed by atoms with E-state index in [2.05, 4.69) is 45.1 Å². The fraction of sp³-hybridized carbons (Fsp3) is 0.846. The molecular formula is C13H23OSi. The number of hydrogen-bond donors (Lipinski definition) is 0. The molecule has 0 aromatic carbocycles. The molecule has 0 aromatic rings. The molecule has 3 radical (unpaired) electrons. The SMILES string of the molecule is CC1=C(O[Si])CCCCC1(C)C(C)(C)C. The highest BCUT2D eigenvalue weighted by Crippen LogP contribution is 2.50. The van der Waals surface area contributed by atoms with Gasteiger partial charge in [0, 0.05) is 6.42 Å². The van der Waals surface area contributed by atoms with Crippen LogP contribution in [0.25, 0.3) is 0 Å². The Morgan fingerprint density at radius 1 is 1.27 bits per heavy atom. The maximum Gasteiger partial charge on any atom is 0.340 e. The lowest BCUT2D eigenvalue weighted by Gasteiger charge is -2.43. The molecule has 1 aliphatic rings. The molecule has 2 heteroatoms. The van der Waals surface area contributed by atoms with Crippen molar-refractivity contribution >= 4 is 10.5 Å². The molecule has 0 N–H and O–H groups in total. The van der Waals surface area contributed by atoms with Gasteiger partial charge in [0.25, 0.3) is 0 Å². The summed E-state index contributed by atoms with van der Waals surface area (Å²) >= 11 is 0. The highest BCUT2D eigenvalue weighted by Gasteiger charge is 2.40. The zero-order valence-electron chi connectivity index (χ0n) is 10.7. The van der Waals surface area contributed by atoms with Gasteiger partial charge in [-0.1, -0.05) is 34.1 Å². The van der Waals surface area contributed by atoms with Crippen molar-refractivity contribution in [1.82, 2.24) is 0 Å². The summed E-state index contributed by atoms with van der Waals surface area (Å²) in [5.41, 5.74) is 1.96. The van der Waals surface area contributed by atoms with E-state index in [1.165, 1.54) is 24.8 Å². The Kier molecular flexibility index (Phi) is 3.70. The van der Waals surface area contributed by atoms with Gasteiger partial charge < -0.3 is 4.43 Å². The third-order valence-electron chi connectivity index (χ3n) is 4.36. The van der Waals surface area contributed by atoms with Crippen LogP contribution in [-0.2, 0) is 4.43 Å². The Morgan fingerprint density at radius 2 is 1.87 bits per heavy atom. The van der Waals surface area contributed by atoms with E-state index < -0.39 is 0 Å². The summed E-state index contributed by atoms with van der Waals surface area (Å²) in [6.45, 7) is 11.6. The van der Waals surface area contributed by atoms with Crippen LogP contribution in [0, 0.1) is 10.8 Å². The molecule has 0 heterocycles. The maximum atomic E-state index is 5.36. The quantitative estimate of drug-likeness (QED) is 0.611. The Hall–Kier alpha value is -0.243. The first-order valence-corrected chi connectivity index (χ1v) is 6.27. The van der Waals surface area contributed by atoms with Gasteiger partial charge >= 0.3 is 10.5 Å². The van der Waals surface area contributed by atoms with Crippen molar-refractivity contribution < 1.29 is 4.43 Å². The number of rotatable bonds is 1. The van der Waals surface area contributed by atoms with E-state index in [0.717, 1.165) is 12.2 Å². The zero-order valence-corrected chi connectivity index (χ0v) is 11.7. The van der Waals surface area contributed by atoms with E-state index in [9.17, 15) is 0 Å². The highest BCUT2D eigenvalue weighted by atomic mass is 28.2. The maximum absolute atomic E-state index is 5.36. The molecule has 85 valence electrons. The van der Waals surface area contributed by atoms with Gasteiger partial charge in [-0.3, -0.25) is 0 Å². The van der Waals surface area contributed by atoms with Crippen molar-refractivity contribution in [2.75, 3.05) is 0 Å². The van der Waals surface area contributed by atoms with Crippen molar-refractivity contribution in [2.45, 2.75) is 60.3 Å². The minimum absolute atomic E-state index is 0.255. The van der Waals surface area contributed by atoms with Crippen LogP contribution in [-0.4, -0.2) is 10.5 Å². The molecule has 1 aliphatic carbocycles. The van der Waals surface area contributed by atoms with Gasteiger partial charge in [-0.25, -0.2) is 0 Å². The smallest absolute Gasteiger partial charge is 0.340 e. The highest BCUT2D eigenvalue weighted by molar-refractivity contribution is 5.98. The molecule has 0 saturated heterocycles. The second-order valence-electron chi connectivity index (χ2n) is 5.94. The second-order valence-corrected chi connectivity index (χ2v) is 6.14. The molecule has 0 aromatic heterocycles. The normalized spacial score (nSPS) is 28.9. The second kappa shape index (κ2) is 4.32. The summed E-state index contributed by atoms with van der Waals surface area (Å²) in [4.78, 5) is 0. The van der Waals surface area contributed by atoms with E-state index in [-0.39, 0.29) is 10.8 Å². The van der Waals surface area contributed by atoms with Crippen molar-refractivity contribution in [1.29, 1.82) is 0 Å². The topological polar surface area (TPSA) is 9.23 Å². The molecule has 0 spiro atoms. The standard InChI is InChI=1S/C13H23OSi/c1-10-11(14-15)8-6-7-9-13(10,5)12(2,3)4/h6-9H2,1-5H3. The number of hydrogen-bond acceptors (Lipinski definition) is 1. The van der Waals surface area contributed by atoms with Gasteiger partial charge in [-0.05, 0) is 36.2 Å². The molecule has 0 bridgehead atoms. The number of allylic oxidation sites excluding steroid dienone is 2. The van der Waals surface area contributed by atoms with Gasteiger partial charge in [0.2, 0.25) is 0 Å². The Labute approximate surface area is 97.8 Å². The minimum atomic E-state index is 0.255. The Morgan fingerprint density at radius 3 is 2.33 bits per heavy atom. The third-order valence-corrected chi connectivity index (χ3v) is 4.60. The van der Waals surface area contributed by atoms with E-state index >= 15 is 0 Å². The van der Waals surface area contributed by atoms with Crippen LogP contribution >= 0.6 is 0 Å². The first kappa shape index (κ1) is 12.8. The van der Waals surface area contributed by atoms with Crippen LogP contribution in [0.2, 0.25) is 0 Å². The minimum Gasteiger partial charge on any atom is -0.544 e. The fourth-order valence-electron chi connectivity index (χ4n) is 2.51. The van der Waals surface area contributed by atoms with E-state index in [1.807, 2.05) is 0 Å². The summed E-state index contributed by atoms with van der Waals surface area (Å²) in [5, 5.41) is 0. The molecule has 0 aliphatic heterocycles. The molecule has 0 fully saturated rings. The van der Waals surface area contributed by atoms with Crippen molar-refractivity contribution in [3.05, 3.63) is 11.3 Å². The van der Waals surface area contributed by atoms with Crippen LogP contribution in [0.15, 0.2) is 11.3 Å². The van der Waals surface area contributed by atoms with Crippen molar-refractivity contribution in [2.24, 2.45) is 10.8 Å². The Bertz CT molecular complexity index is 262. The molecule has 15 heavy (non-hydrogen) atoms. The largest absolute Gasteiger partial charge is 0.544 e. The molecule has 1 unspecified atom stereocenters. The van der Waals surface area contributed by atoms with Gasteiger partial charge in [-0.2, -0.15) is 0 Å². The van der Waals surface area contributed by atoms with Gasteiger partial charge in [0.1, 0.15) is 0 Å². The lowest BCUT2D eigenvalue weighted by atomic mass is 9.62. The van der Waals surface area contributed by atoms with Gasteiger partial charge in [-0.15, -0.1) is 0 Å². The first-order valence-electron chi connectivity index (χ1n) is 5.87. The molecule has 0 saturated carbocycles. The van der Waals surface area contributed by atoms with E-state index in [0.29, 0.717) is 0 Å². The third kappa shape index (κ3) is 2.30. The van der Waals surface area contributed by atoms with Gasteiger partial charge in [0.15, 0.2) is 0 Å². The monoisotopic (exact) mass is 223 g/mol. The summed E-state index contributed by atoms with van der Waals surface area (Å²) in [6.07, 6.45) is 4.87.